The van der Waals surface area contributed by atoms with Gasteiger partial charge < -0.3 is 5.32 Å². The maximum Gasteiger partial charge on any atom is 0.416 e. The first-order valence-electron chi connectivity index (χ1n) is 5.07. The van der Waals surface area contributed by atoms with Crippen LogP contribution in [-0.4, -0.2) is 27.8 Å². The zero-order valence-electron chi connectivity index (χ0n) is 9.58. The molecule has 1 aromatic rings. The van der Waals surface area contributed by atoms with Crippen LogP contribution in [0.3, 0.4) is 0 Å². The summed E-state index contributed by atoms with van der Waals surface area (Å²) >= 11 is 0. The molecule has 0 unspecified atom stereocenters. The van der Waals surface area contributed by atoms with Gasteiger partial charge >= 0.3 is 6.18 Å². The smallest absolute Gasteiger partial charge is 0.384 e. The third-order valence-electron chi connectivity index (χ3n) is 2.22. The van der Waals surface area contributed by atoms with E-state index in [0.29, 0.717) is 5.69 Å². The predicted octanol–water partition coefficient (Wildman–Crippen LogP) is 1.67. The highest BCUT2D eigenvalue weighted by Crippen LogP contribution is 2.29. The van der Waals surface area contributed by atoms with E-state index in [1.807, 2.05) is 0 Å². The number of anilines is 1. The van der Waals surface area contributed by atoms with Crippen molar-refractivity contribution in [3.63, 3.8) is 0 Å². The van der Waals surface area contributed by atoms with Crippen molar-refractivity contribution in [2.75, 3.05) is 24.7 Å². The summed E-state index contributed by atoms with van der Waals surface area (Å²) in [5, 5.41) is 2.73. The molecule has 0 amide bonds. The molecule has 0 radical (unpaired) electrons. The molecule has 0 saturated heterocycles. The Bertz CT molecular complexity index is 483. The first kappa shape index (κ1) is 14.8. The largest absolute Gasteiger partial charge is 0.416 e. The maximum absolute atomic E-state index is 12.3. The van der Waals surface area contributed by atoms with Crippen molar-refractivity contribution in [1.29, 1.82) is 0 Å². The molecule has 0 saturated carbocycles. The molecule has 0 spiro atoms. The van der Waals surface area contributed by atoms with Gasteiger partial charge in [0.15, 0.2) is 0 Å². The molecule has 0 aliphatic heterocycles. The van der Waals surface area contributed by atoms with Crippen molar-refractivity contribution in [2.45, 2.75) is 6.18 Å². The van der Waals surface area contributed by atoms with Crippen LogP contribution in [0.5, 0.6) is 0 Å². The number of sulfonamides is 1. The molecule has 2 N–H and O–H groups in total. The van der Waals surface area contributed by atoms with E-state index in [2.05, 4.69) is 10.0 Å². The summed E-state index contributed by atoms with van der Waals surface area (Å²) in [6.07, 6.45) is -4.37. The fraction of sp³-hybridized carbons (Fsp3) is 0.400. The zero-order chi connectivity index (χ0) is 13.8. The second-order valence-electron chi connectivity index (χ2n) is 3.52. The second-order valence-corrected chi connectivity index (χ2v) is 5.57. The lowest BCUT2D eigenvalue weighted by molar-refractivity contribution is -0.137. The molecule has 1 aromatic carbocycles. The number of alkyl halides is 3. The highest BCUT2D eigenvalue weighted by Gasteiger charge is 2.29. The van der Waals surface area contributed by atoms with E-state index < -0.39 is 21.8 Å². The van der Waals surface area contributed by atoms with Gasteiger partial charge in [-0.25, -0.2) is 13.1 Å². The van der Waals surface area contributed by atoms with Crippen LogP contribution in [0.2, 0.25) is 0 Å². The molecular formula is C10H13F3N2O2S. The molecule has 8 heteroatoms. The third-order valence-corrected chi connectivity index (χ3v) is 3.59. The average molecular weight is 282 g/mol. The van der Waals surface area contributed by atoms with Gasteiger partial charge in [-0.1, -0.05) is 0 Å². The van der Waals surface area contributed by atoms with E-state index in [0.717, 1.165) is 12.1 Å². The molecule has 0 aliphatic carbocycles. The summed E-state index contributed by atoms with van der Waals surface area (Å²) in [6, 6.07) is 4.40. The number of halogens is 3. The van der Waals surface area contributed by atoms with E-state index in [9.17, 15) is 21.6 Å². The highest BCUT2D eigenvalue weighted by atomic mass is 32.2. The van der Waals surface area contributed by atoms with Crippen LogP contribution in [0.1, 0.15) is 5.56 Å². The Morgan fingerprint density at radius 2 is 1.72 bits per heavy atom. The molecule has 4 nitrogen and oxygen atoms in total. The number of hydrogen-bond donors (Lipinski definition) is 2. The normalized spacial score (nSPS) is 12.4. The number of nitrogens with one attached hydrogen (secondary N) is 2. The van der Waals surface area contributed by atoms with Gasteiger partial charge in [0.05, 0.1) is 11.3 Å². The van der Waals surface area contributed by atoms with Gasteiger partial charge in [0.25, 0.3) is 0 Å². The molecule has 0 aromatic heterocycles. The van der Waals surface area contributed by atoms with E-state index >= 15 is 0 Å². The van der Waals surface area contributed by atoms with Gasteiger partial charge in [-0.2, -0.15) is 13.2 Å². The molecule has 1 rings (SSSR count). The Morgan fingerprint density at radius 3 is 2.17 bits per heavy atom. The topological polar surface area (TPSA) is 58.2 Å². The summed E-state index contributed by atoms with van der Waals surface area (Å²) in [4.78, 5) is 0. The van der Waals surface area contributed by atoms with Crippen molar-refractivity contribution in [1.82, 2.24) is 4.72 Å². The summed E-state index contributed by atoms with van der Waals surface area (Å²) in [6.45, 7) is 0.120. The lowest BCUT2D eigenvalue weighted by Gasteiger charge is -2.09. The summed E-state index contributed by atoms with van der Waals surface area (Å²) < 4.78 is 61.1. The Balaban J connectivity index is 2.55. The molecule has 0 fully saturated rings. The van der Waals surface area contributed by atoms with Gasteiger partial charge in [0.1, 0.15) is 0 Å². The summed E-state index contributed by atoms with van der Waals surface area (Å²) in [5.74, 6) is -0.148. The number of benzene rings is 1. The first-order valence-corrected chi connectivity index (χ1v) is 6.72. The van der Waals surface area contributed by atoms with Crippen LogP contribution >= 0.6 is 0 Å². The molecule has 0 aliphatic rings. The van der Waals surface area contributed by atoms with Crippen molar-refractivity contribution in [3.05, 3.63) is 29.8 Å². The monoisotopic (exact) mass is 282 g/mol. The fourth-order valence-corrected chi connectivity index (χ4v) is 1.78. The first-order chi connectivity index (χ1) is 8.24. The van der Waals surface area contributed by atoms with Crippen LogP contribution in [-0.2, 0) is 16.2 Å². The van der Waals surface area contributed by atoms with Crippen LogP contribution in [0, 0.1) is 0 Å². The van der Waals surface area contributed by atoms with E-state index in [4.69, 9.17) is 0 Å². The van der Waals surface area contributed by atoms with Gasteiger partial charge in [-0.3, -0.25) is 0 Å². The van der Waals surface area contributed by atoms with E-state index in [-0.39, 0.29) is 12.3 Å². The standard InChI is InChI=1S/C10H13F3N2O2S/c1-14-18(16,17)7-6-15-9-4-2-8(3-5-9)10(11,12)13/h2-5,14-15H,6-7H2,1H3. The average Bonchev–Trinajstić information content (AvgIpc) is 2.28. The minimum Gasteiger partial charge on any atom is -0.384 e. The number of rotatable bonds is 5. The zero-order valence-corrected chi connectivity index (χ0v) is 10.4. The van der Waals surface area contributed by atoms with Crippen molar-refractivity contribution in [3.8, 4) is 0 Å². The molecule has 0 heterocycles. The van der Waals surface area contributed by atoms with E-state index in [1.165, 1.54) is 19.2 Å². The summed E-state index contributed by atoms with van der Waals surface area (Å²) in [7, 11) is -2.01. The Hall–Kier alpha value is -1.28. The molecule has 0 bridgehead atoms. The van der Waals surface area contributed by atoms with Crippen molar-refractivity contribution in [2.24, 2.45) is 0 Å². The van der Waals surface area contributed by atoms with Gasteiger partial charge in [-0.05, 0) is 31.3 Å². The molecular weight excluding hydrogens is 269 g/mol. The van der Waals surface area contributed by atoms with Gasteiger partial charge in [0.2, 0.25) is 10.0 Å². The minimum atomic E-state index is -4.37. The molecule has 0 atom stereocenters. The van der Waals surface area contributed by atoms with Gasteiger partial charge in [0, 0.05) is 12.2 Å². The van der Waals surface area contributed by atoms with Crippen LogP contribution in [0.15, 0.2) is 24.3 Å². The Kier molecular flexibility index (Phi) is 4.58. The lowest BCUT2D eigenvalue weighted by Crippen LogP contribution is -2.26. The highest BCUT2D eigenvalue weighted by molar-refractivity contribution is 7.89. The summed E-state index contributed by atoms with van der Waals surface area (Å²) in [5.41, 5.74) is -0.301. The van der Waals surface area contributed by atoms with Crippen LogP contribution < -0.4 is 10.0 Å². The predicted molar refractivity (Wildman–Crippen MR) is 62.8 cm³/mol. The maximum atomic E-state index is 12.3. The molecule has 102 valence electrons. The van der Waals surface area contributed by atoms with Crippen LogP contribution in [0.25, 0.3) is 0 Å². The SMILES string of the molecule is CNS(=O)(=O)CCNc1ccc(C(F)(F)F)cc1. The quantitative estimate of drug-likeness (QED) is 0.863. The van der Waals surface area contributed by atoms with Gasteiger partial charge in [-0.15, -0.1) is 0 Å². The second kappa shape index (κ2) is 5.57. The minimum absolute atomic E-state index is 0.120. The number of hydrogen-bond acceptors (Lipinski definition) is 3. The Labute approximate surface area is 103 Å². The third kappa shape index (κ3) is 4.53. The molecule has 18 heavy (non-hydrogen) atoms. The van der Waals surface area contributed by atoms with E-state index in [1.54, 1.807) is 0 Å². The fourth-order valence-electron chi connectivity index (χ4n) is 1.21. The lowest BCUT2D eigenvalue weighted by atomic mass is 10.2. The Morgan fingerprint density at radius 1 is 1.17 bits per heavy atom. The van der Waals surface area contributed by atoms with Crippen LogP contribution in [0.4, 0.5) is 18.9 Å². The van der Waals surface area contributed by atoms with Crippen molar-refractivity contribution >= 4 is 15.7 Å². The van der Waals surface area contributed by atoms with Crippen molar-refractivity contribution < 1.29 is 21.6 Å².